The van der Waals surface area contributed by atoms with Crippen molar-refractivity contribution in [2.24, 2.45) is 5.92 Å². The van der Waals surface area contributed by atoms with E-state index in [1.54, 1.807) is 18.5 Å². The molecule has 2 aromatic carbocycles. The Balaban J connectivity index is 1.15. The summed E-state index contributed by atoms with van der Waals surface area (Å²) in [7, 11) is 0. The first-order chi connectivity index (χ1) is 16.8. The van der Waals surface area contributed by atoms with Gasteiger partial charge in [-0.05, 0) is 62.0 Å². The Morgan fingerprint density at radius 2 is 1.82 bits per heavy atom. The van der Waals surface area contributed by atoms with Crippen LogP contribution in [0.1, 0.15) is 50.0 Å². The Hall–Kier alpha value is -2.44. The maximum Gasteiger partial charge on any atom is 0.126 e. The molecule has 1 aromatic heterocycles. The zero-order chi connectivity index (χ0) is 23.2. The Morgan fingerprint density at radius 1 is 1.00 bits per heavy atom. The number of aromatic amines is 1. The average Bonchev–Trinajstić information content (AvgIpc) is 3.37. The summed E-state index contributed by atoms with van der Waals surface area (Å²) in [5.41, 5.74) is 4.23. The second kappa shape index (κ2) is 11.3. The van der Waals surface area contributed by atoms with E-state index in [4.69, 9.17) is 0 Å². The van der Waals surface area contributed by atoms with Crippen LogP contribution >= 0.6 is 0 Å². The van der Waals surface area contributed by atoms with Gasteiger partial charge in [0.1, 0.15) is 11.3 Å². The molecule has 2 heterocycles. The molecule has 1 aliphatic heterocycles. The van der Waals surface area contributed by atoms with E-state index < -0.39 is 0 Å². The minimum Gasteiger partial charge on any atom is -0.367 e. The van der Waals surface area contributed by atoms with Gasteiger partial charge in [0, 0.05) is 38.6 Å². The van der Waals surface area contributed by atoms with Crippen LogP contribution in [0, 0.1) is 11.7 Å². The van der Waals surface area contributed by atoms with Crippen LogP contribution in [0.5, 0.6) is 0 Å². The molecule has 1 aliphatic carbocycles. The first kappa shape index (κ1) is 23.3. The van der Waals surface area contributed by atoms with Gasteiger partial charge in [-0.25, -0.2) is 9.37 Å². The lowest BCUT2D eigenvalue weighted by atomic mass is 9.89. The van der Waals surface area contributed by atoms with Gasteiger partial charge < -0.3 is 15.2 Å². The molecule has 182 valence electrons. The Kier molecular flexibility index (Phi) is 7.76. The van der Waals surface area contributed by atoms with Crippen LogP contribution in [0.25, 0.3) is 11.0 Å². The van der Waals surface area contributed by atoms with Crippen LogP contribution in [0.15, 0.2) is 48.8 Å². The number of anilines is 1. The predicted octanol–water partition coefficient (Wildman–Crippen LogP) is 5.17. The summed E-state index contributed by atoms with van der Waals surface area (Å²) in [4.78, 5) is 12.7. The Bertz CT molecular complexity index is 1040. The fraction of sp³-hybridized carbons (Fsp3) is 0.536. The van der Waals surface area contributed by atoms with Crippen LogP contribution in [-0.2, 0) is 0 Å². The summed E-state index contributed by atoms with van der Waals surface area (Å²) in [6.07, 6.45) is 9.55. The topological polar surface area (TPSA) is 47.2 Å². The van der Waals surface area contributed by atoms with E-state index in [-0.39, 0.29) is 11.7 Å². The number of halogens is 1. The number of hydrogen-bond acceptors (Lipinski definition) is 4. The number of fused-ring (bicyclic) bond motifs is 1. The highest BCUT2D eigenvalue weighted by molar-refractivity contribution is 5.88. The number of piperazine rings is 1. The number of hydrogen-bond donors (Lipinski definition) is 2. The van der Waals surface area contributed by atoms with Crippen molar-refractivity contribution in [1.82, 2.24) is 20.2 Å². The van der Waals surface area contributed by atoms with Crippen molar-refractivity contribution >= 4 is 16.7 Å². The van der Waals surface area contributed by atoms with Crippen molar-refractivity contribution in [3.8, 4) is 0 Å². The minimum absolute atomic E-state index is 0.0658. The molecule has 2 aliphatic rings. The number of nitrogens with one attached hydrogen (secondary N) is 2. The van der Waals surface area contributed by atoms with Crippen LogP contribution in [-0.4, -0.2) is 60.7 Å². The second-order valence-electron chi connectivity index (χ2n) is 10.1. The maximum atomic E-state index is 14.7. The second-order valence-corrected chi connectivity index (χ2v) is 10.1. The molecule has 1 saturated carbocycles. The normalized spacial score (nSPS) is 19.0. The van der Waals surface area contributed by atoms with Crippen LogP contribution in [0.4, 0.5) is 10.1 Å². The zero-order valence-electron chi connectivity index (χ0n) is 20.2. The van der Waals surface area contributed by atoms with Crippen LogP contribution in [0.3, 0.4) is 0 Å². The quantitative estimate of drug-likeness (QED) is 0.460. The highest BCUT2D eigenvalue weighted by atomic mass is 19.1. The first-order valence-corrected chi connectivity index (χ1v) is 13.1. The largest absolute Gasteiger partial charge is 0.367 e. The molecule has 0 radical (unpaired) electrons. The molecular weight excluding hydrogens is 425 g/mol. The van der Waals surface area contributed by atoms with E-state index in [0.29, 0.717) is 0 Å². The number of rotatable bonds is 9. The van der Waals surface area contributed by atoms with Gasteiger partial charge in [0.15, 0.2) is 0 Å². The summed E-state index contributed by atoms with van der Waals surface area (Å²) in [5, 5.41) is 3.71. The van der Waals surface area contributed by atoms with Crippen molar-refractivity contribution in [3.63, 3.8) is 0 Å². The number of imidazole rings is 1. The van der Waals surface area contributed by atoms with Crippen LogP contribution < -0.4 is 10.2 Å². The maximum absolute atomic E-state index is 14.7. The number of benzene rings is 2. The fourth-order valence-corrected chi connectivity index (χ4v) is 5.78. The summed E-state index contributed by atoms with van der Waals surface area (Å²) >= 11 is 0. The van der Waals surface area contributed by atoms with Gasteiger partial charge in [0.25, 0.3) is 0 Å². The molecule has 3 aromatic rings. The van der Waals surface area contributed by atoms with Crippen molar-refractivity contribution in [2.75, 3.05) is 50.7 Å². The number of H-pyrrole nitrogens is 1. The molecule has 1 saturated heterocycles. The molecular formula is C28H38FN5. The van der Waals surface area contributed by atoms with E-state index in [1.165, 1.54) is 37.8 Å². The monoisotopic (exact) mass is 463 g/mol. The molecule has 1 unspecified atom stereocenters. The Labute approximate surface area is 202 Å². The van der Waals surface area contributed by atoms with E-state index in [1.807, 2.05) is 12.1 Å². The smallest absolute Gasteiger partial charge is 0.126 e. The number of aromatic nitrogens is 2. The average molecular weight is 464 g/mol. The molecule has 0 amide bonds. The van der Waals surface area contributed by atoms with Crippen molar-refractivity contribution < 1.29 is 4.39 Å². The highest BCUT2D eigenvalue weighted by Gasteiger charge is 2.22. The van der Waals surface area contributed by atoms with E-state index in [9.17, 15) is 4.39 Å². The lowest BCUT2D eigenvalue weighted by Gasteiger charge is -2.36. The van der Waals surface area contributed by atoms with E-state index in [2.05, 4.69) is 43.3 Å². The van der Waals surface area contributed by atoms with Crippen LogP contribution in [0.2, 0.25) is 0 Å². The molecule has 2 N–H and O–H groups in total. The lowest BCUT2D eigenvalue weighted by Crippen LogP contribution is -2.47. The summed E-state index contributed by atoms with van der Waals surface area (Å²) in [5.74, 6) is 0.937. The van der Waals surface area contributed by atoms with Gasteiger partial charge >= 0.3 is 0 Å². The molecule has 2 fully saturated rings. The third-order valence-electron chi connectivity index (χ3n) is 7.83. The third kappa shape index (κ3) is 5.61. The zero-order valence-corrected chi connectivity index (χ0v) is 20.2. The first-order valence-electron chi connectivity index (χ1n) is 13.1. The third-order valence-corrected chi connectivity index (χ3v) is 7.83. The van der Waals surface area contributed by atoms with Gasteiger partial charge in [-0.1, -0.05) is 43.5 Å². The summed E-state index contributed by atoms with van der Waals surface area (Å²) < 4.78 is 14.7. The fourth-order valence-electron chi connectivity index (χ4n) is 5.78. The number of para-hydroxylation sites is 1. The lowest BCUT2D eigenvalue weighted by molar-refractivity contribution is 0.245. The minimum atomic E-state index is -0.0658. The van der Waals surface area contributed by atoms with Crippen molar-refractivity contribution in [1.29, 1.82) is 0 Å². The molecule has 34 heavy (non-hydrogen) atoms. The highest BCUT2D eigenvalue weighted by Crippen LogP contribution is 2.27. The number of nitrogens with zero attached hydrogens (tertiary/aromatic N) is 3. The van der Waals surface area contributed by atoms with E-state index >= 15 is 0 Å². The summed E-state index contributed by atoms with van der Waals surface area (Å²) in [6, 6.07) is 13.7. The SMILES string of the molecule is Fc1ccccc1C(CCN1CCN(c2cccc3[nH]cnc23)CC1)CNCC1CCCCC1. The van der Waals surface area contributed by atoms with E-state index in [0.717, 1.165) is 74.7 Å². The standard InChI is InChI=1S/C28H38FN5/c29-25-10-5-4-9-24(25)23(20-30-19-22-7-2-1-3-8-22)13-14-33-15-17-34(18-16-33)27-12-6-11-26-28(27)32-21-31-26/h4-6,9-12,21-23,30H,1-3,7-8,13-20H2,(H,31,32). The van der Waals surface area contributed by atoms with Gasteiger partial charge in [0.05, 0.1) is 17.5 Å². The predicted molar refractivity (Wildman–Crippen MR) is 138 cm³/mol. The molecule has 1 atom stereocenters. The Morgan fingerprint density at radius 3 is 2.65 bits per heavy atom. The van der Waals surface area contributed by atoms with Crippen molar-refractivity contribution in [2.45, 2.75) is 44.4 Å². The molecule has 5 rings (SSSR count). The molecule has 0 bridgehead atoms. The van der Waals surface area contributed by atoms with Gasteiger partial charge in [0.2, 0.25) is 0 Å². The van der Waals surface area contributed by atoms with Gasteiger partial charge in [-0.15, -0.1) is 0 Å². The summed E-state index contributed by atoms with van der Waals surface area (Å²) in [6.45, 7) is 6.98. The van der Waals surface area contributed by atoms with Gasteiger partial charge in [-0.2, -0.15) is 0 Å². The van der Waals surface area contributed by atoms with Gasteiger partial charge in [-0.3, -0.25) is 4.90 Å². The van der Waals surface area contributed by atoms with Crippen molar-refractivity contribution in [3.05, 3.63) is 60.2 Å². The molecule has 6 heteroatoms. The molecule has 5 nitrogen and oxygen atoms in total. The molecule has 0 spiro atoms.